The van der Waals surface area contributed by atoms with Gasteiger partial charge in [-0.3, -0.25) is 4.79 Å². The number of nitrogens with zero attached hydrogens (tertiary/aromatic N) is 1. The number of hydrogen-bond donors (Lipinski definition) is 0. The van der Waals surface area contributed by atoms with Crippen molar-refractivity contribution in [2.45, 2.75) is 19.3 Å². The van der Waals surface area contributed by atoms with Gasteiger partial charge in [-0.05, 0) is 62.2 Å². The monoisotopic (exact) mass is 377 g/mol. The highest BCUT2D eigenvalue weighted by Crippen LogP contribution is 2.34. The number of ketones is 1. The maximum Gasteiger partial charge on any atom is 0.171 e. The van der Waals surface area contributed by atoms with E-state index in [1.807, 2.05) is 0 Å². The molecule has 0 radical (unpaired) electrons. The molecule has 0 atom stereocenters. The van der Waals surface area contributed by atoms with Gasteiger partial charge in [0.25, 0.3) is 0 Å². The number of methoxy groups -OCH3 is 2. The number of likely N-dealkylation sites (tertiary alicyclic amines) is 1. The van der Waals surface area contributed by atoms with Crippen LogP contribution in [0.4, 0.5) is 4.39 Å². The zero-order valence-electron chi connectivity index (χ0n) is 20.9. The van der Waals surface area contributed by atoms with Crippen molar-refractivity contribution in [1.29, 1.82) is 0 Å². The number of ether oxygens (including phenoxy) is 2. The molecular formula is C22H26FNO3. The van der Waals surface area contributed by atoms with E-state index >= 15 is 0 Å². The van der Waals surface area contributed by atoms with Crippen molar-refractivity contribution in [2.24, 2.45) is 5.92 Å². The van der Waals surface area contributed by atoms with Gasteiger partial charge < -0.3 is 14.4 Å². The number of halogens is 1. The van der Waals surface area contributed by atoms with E-state index in [1.165, 1.54) is 30.3 Å². The number of carbonyl (C=O) groups is 1. The van der Waals surface area contributed by atoms with Gasteiger partial charge in [0.05, 0.1) is 27.9 Å². The summed E-state index contributed by atoms with van der Waals surface area (Å²) in [7, 11) is -5.71. The minimum atomic E-state index is -2.88. The molecule has 0 spiro atoms. The van der Waals surface area contributed by atoms with Gasteiger partial charge in [0.15, 0.2) is 17.3 Å². The highest BCUT2D eigenvalue weighted by molar-refractivity contribution is 6.01. The number of piperidine rings is 1. The summed E-state index contributed by atoms with van der Waals surface area (Å²) in [5, 5.41) is 0. The molecule has 5 heteroatoms. The Bertz CT molecular complexity index is 954. The molecule has 0 aliphatic carbocycles. The van der Waals surface area contributed by atoms with Gasteiger partial charge in [0.1, 0.15) is 5.82 Å². The molecule has 4 nitrogen and oxygen atoms in total. The molecule has 27 heavy (non-hydrogen) atoms. The molecule has 1 aliphatic rings. The molecule has 2 aromatic rings. The first-order valence-electron chi connectivity index (χ1n) is 11.9. The van der Waals surface area contributed by atoms with Crippen molar-refractivity contribution in [3.05, 3.63) is 59.4 Å². The highest BCUT2D eigenvalue weighted by atomic mass is 19.1. The molecule has 0 unspecified atom stereocenters. The number of benzene rings is 2. The van der Waals surface area contributed by atoms with Crippen molar-refractivity contribution in [1.82, 2.24) is 4.90 Å². The van der Waals surface area contributed by atoms with Gasteiger partial charge in [-0.1, -0.05) is 18.2 Å². The van der Waals surface area contributed by atoms with Crippen molar-refractivity contribution in [2.75, 3.05) is 33.7 Å². The standard InChI is InChI=1S/C22H26FNO3/c1-26-20-5-3-4-19(22(20)27-2)21(25)17-11-14-24(15-12-17)13-10-16-6-8-18(23)9-7-16/h3-9,17H,10-15H2,1-2H3/i1D3,2D3. The fourth-order valence-electron chi connectivity index (χ4n) is 3.47. The van der Waals surface area contributed by atoms with Crippen molar-refractivity contribution in [3.63, 3.8) is 0 Å². The van der Waals surface area contributed by atoms with Gasteiger partial charge in [-0.25, -0.2) is 4.39 Å². The largest absolute Gasteiger partial charge is 0.493 e. The van der Waals surface area contributed by atoms with Gasteiger partial charge in [-0.2, -0.15) is 0 Å². The van der Waals surface area contributed by atoms with Crippen molar-refractivity contribution >= 4 is 5.78 Å². The topological polar surface area (TPSA) is 38.8 Å². The number of hydrogen-bond acceptors (Lipinski definition) is 4. The van der Waals surface area contributed by atoms with Gasteiger partial charge in [0, 0.05) is 12.5 Å². The summed E-state index contributed by atoms with van der Waals surface area (Å²) < 4.78 is 67.1. The van der Waals surface area contributed by atoms with Crippen LogP contribution in [0.3, 0.4) is 0 Å². The summed E-state index contributed by atoms with van der Waals surface area (Å²) >= 11 is 0. The average Bonchev–Trinajstić information content (AvgIpc) is 2.72. The van der Waals surface area contributed by atoms with Crippen LogP contribution >= 0.6 is 0 Å². The first kappa shape index (κ1) is 12.9. The minimum absolute atomic E-state index is 0.00219. The van der Waals surface area contributed by atoms with Crippen LogP contribution < -0.4 is 9.47 Å². The van der Waals surface area contributed by atoms with Crippen molar-refractivity contribution < 1.29 is 26.9 Å². The predicted molar refractivity (Wildman–Crippen MR) is 103 cm³/mol. The normalized spacial score (nSPS) is 19.7. The van der Waals surface area contributed by atoms with Crippen LogP contribution in [0.15, 0.2) is 42.5 Å². The molecule has 1 heterocycles. The maximum absolute atomic E-state index is 13.2. The Kier molecular flexibility index (Phi) is 4.30. The second-order valence-electron chi connectivity index (χ2n) is 6.69. The average molecular weight is 377 g/mol. The van der Waals surface area contributed by atoms with E-state index in [-0.39, 0.29) is 34.6 Å². The molecule has 2 aromatic carbocycles. The summed E-state index contributed by atoms with van der Waals surface area (Å²) in [4.78, 5) is 15.5. The Labute approximate surface area is 168 Å². The van der Waals surface area contributed by atoms with E-state index in [4.69, 9.17) is 17.7 Å². The molecule has 0 amide bonds. The maximum atomic E-state index is 13.2. The fraction of sp³-hybridized carbons (Fsp3) is 0.409. The van der Waals surface area contributed by atoms with E-state index in [0.29, 0.717) is 25.9 Å². The smallest absolute Gasteiger partial charge is 0.171 e. The fourth-order valence-corrected chi connectivity index (χ4v) is 3.47. The lowest BCUT2D eigenvalue weighted by atomic mass is 9.88. The molecule has 1 saturated heterocycles. The minimum Gasteiger partial charge on any atom is -0.493 e. The number of rotatable bonds is 7. The predicted octanol–water partition coefficient (Wildman–Crippen LogP) is 3.98. The Hall–Kier alpha value is -2.40. The summed E-state index contributed by atoms with van der Waals surface area (Å²) in [5.74, 6) is -1.61. The number of para-hydroxylation sites is 1. The quantitative estimate of drug-likeness (QED) is 0.684. The third kappa shape index (κ3) is 4.66. The first-order valence-corrected chi connectivity index (χ1v) is 8.93. The van der Waals surface area contributed by atoms with E-state index in [2.05, 4.69) is 4.90 Å². The summed E-state index contributed by atoms with van der Waals surface area (Å²) in [6.45, 7) is 2.14. The van der Waals surface area contributed by atoms with E-state index < -0.39 is 14.1 Å². The molecule has 0 N–H and O–H groups in total. The zero-order valence-corrected chi connectivity index (χ0v) is 14.9. The number of Topliss-reactive ketones (excluding diaryl/α,β-unsaturated/α-hetero) is 1. The van der Waals surface area contributed by atoms with Crippen LogP contribution in [-0.4, -0.2) is 44.4 Å². The van der Waals surface area contributed by atoms with Gasteiger partial charge in [0.2, 0.25) is 0 Å². The van der Waals surface area contributed by atoms with Crippen LogP contribution in [-0.2, 0) is 6.42 Å². The summed E-state index contributed by atoms with van der Waals surface area (Å²) in [6.07, 6.45) is 1.91. The third-order valence-electron chi connectivity index (χ3n) is 5.04. The molecule has 1 aliphatic heterocycles. The van der Waals surface area contributed by atoms with Crippen molar-refractivity contribution in [3.8, 4) is 11.5 Å². The summed E-state index contributed by atoms with van der Waals surface area (Å²) in [6, 6.07) is 10.5. The molecule has 3 rings (SSSR count). The third-order valence-corrected chi connectivity index (χ3v) is 5.04. The van der Waals surface area contributed by atoms with E-state index in [9.17, 15) is 9.18 Å². The Morgan fingerprint density at radius 3 is 2.59 bits per heavy atom. The Balaban J connectivity index is 1.68. The highest BCUT2D eigenvalue weighted by Gasteiger charge is 2.28. The summed E-state index contributed by atoms with van der Waals surface area (Å²) in [5.41, 5.74) is 1.03. The van der Waals surface area contributed by atoms with Crippen LogP contribution in [0, 0.1) is 11.7 Å². The lowest BCUT2D eigenvalue weighted by Gasteiger charge is -2.31. The second-order valence-corrected chi connectivity index (χ2v) is 6.69. The lowest BCUT2D eigenvalue weighted by Crippen LogP contribution is -2.37. The lowest BCUT2D eigenvalue weighted by molar-refractivity contribution is 0.0837. The SMILES string of the molecule is [2H]C([2H])([2H])Oc1cccc(C(=O)C2CCN(CCc3ccc(F)cc3)CC2)c1OC([2H])([2H])[2H]. The van der Waals surface area contributed by atoms with Crippen LogP contribution in [0.25, 0.3) is 0 Å². The molecule has 0 aromatic heterocycles. The van der Waals surface area contributed by atoms with E-state index in [1.54, 1.807) is 12.1 Å². The van der Waals surface area contributed by atoms with Crippen LogP contribution in [0.1, 0.15) is 37.0 Å². The molecular weight excluding hydrogens is 345 g/mol. The molecule has 144 valence electrons. The zero-order chi connectivity index (χ0) is 24.2. The molecule has 0 saturated carbocycles. The first-order chi connectivity index (χ1) is 15.4. The number of carbonyl (C=O) groups excluding carboxylic acids is 1. The van der Waals surface area contributed by atoms with Crippen LogP contribution in [0.5, 0.6) is 11.5 Å². The Morgan fingerprint density at radius 1 is 1.15 bits per heavy atom. The van der Waals surface area contributed by atoms with Crippen LogP contribution in [0.2, 0.25) is 0 Å². The molecule has 1 fully saturated rings. The second kappa shape index (κ2) is 9.00. The van der Waals surface area contributed by atoms with Gasteiger partial charge >= 0.3 is 0 Å². The molecule has 0 bridgehead atoms. The van der Waals surface area contributed by atoms with E-state index in [0.717, 1.165) is 18.5 Å². The Morgan fingerprint density at radius 2 is 1.89 bits per heavy atom. The van der Waals surface area contributed by atoms with Gasteiger partial charge in [-0.15, -0.1) is 0 Å².